The van der Waals surface area contributed by atoms with Gasteiger partial charge in [-0.1, -0.05) is 53.1 Å². The Bertz CT molecular complexity index is 340. The second-order valence-corrected chi connectivity index (χ2v) is 8.17. The zero-order valence-corrected chi connectivity index (χ0v) is 15.7. The summed E-state index contributed by atoms with van der Waals surface area (Å²) < 4.78 is 4.46. The van der Waals surface area contributed by atoms with E-state index >= 15 is 0 Å². The summed E-state index contributed by atoms with van der Waals surface area (Å²) in [6, 6.07) is 0. The first-order valence-electron chi connectivity index (χ1n) is 7.33. The number of amides is 1. The average molecular weight is 368 g/mol. The Morgan fingerprint density at radius 3 is 2.36 bits per heavy atom. The van der Waals surface area contributed by atoms with Gasteiger partial charge in [0.2, 0.25) is 5.91 Å². The molecule has 0 spiro atoms. The molecule has 128 valence electrons. The highest BCUT2D eigenvalue weighted by molar-refractivity contribution is 8.76. The highest BCUT2D eigenvalue weighted by atomic mass is 33.1. The minimum Gasteiger partial charge on any atom is -0.468 e. The predicted molar refractivity (Wildman–Crippen MR) is 96.2 cm³/mol. The molecule has 0 aliphatic rings. The zero-order chi connectivity index (χ0) is 16.6. The van der Waals surface area contributed by atoms with Crippen molar-refractivity contribution in [3.63, 3.8) is 0 Å². The summed E-state index contributed by atoms with van der Waals surface area (Å²) in [5, 5.41) is 2.89. The molecule has 0 aliphatic heterocycles. The minimum atomic E-state index is -0.384. The molecule has 0 fully saturated rings. The molecule has 0 aromatic rings. The molecule has 0 rings (SSSR count). The number of ether oxygens (including phenoxy) is 1. The van der Waals surface area contributed by atoms with E-state index in [0.717, 1.165) is 43.3 Å². The lowest BCUT2D eigenvalue weighted by atomic mass is 10.2. The van der Waals surface area contributed by atoms with Gasteiger partial charge in [0.15, 0.2) is 5.12 Å². The molecule has 0 saturated carbocycles. The Morgan fingerprint density at radius 2 is 1.73 bits per heavy atom. The zero-order valence-electron chi connectivity index (χ0n) is 13.2. The monoisotopic (exact) mass is 367 g/mol. The lowest BCUT2D eigenvalue weighted by Crippen LogP contribution is -2.24. The maximum atomic E-state index is 11.5. The van der Waals surface area contributed by atoms with E-state index in [1.807, 2.05) is 0 Å². The number of carbonyl (C=O) groups excluding carboxylic acids is 3. The second-order valence-electron chi connectivity index (χ2n) is 4.44. The van der Waals surface area contributed by atoms with Crippen LogP contribution >= 0.6 is 33.3 Å². The molecule has 0 bridgehead atoms. The first kappa shape index (κ1) is 21.7. The van der Waals surface area contributed by atoms with Gasteiger partial charge in [0, 0.05) is 30.9 Å². The van der Waals surface area contributed by atoms with Crippen molar-refractivity contribution in [2.24, 2.45) is 0 Å². The molecular formula is C14H25NO4S3. The number of methoxy groups -OCH3 is 1. The van der Waals surface area contributed by atoms with Gasteiger partial charge in [0.05, 0.1) is 12.9 Å². The molecule has 0 aliphatic carbocycles. The number of unbranched alkanes of at least 4 members (excludes halogenated alkanes) is 2. The van der Waals surface area contributed by atoms with E-state index < -0.39 is 0 Å². The molecule has 0 atom stereocenters. The molecule has 8 heteroatoms. The van der Waals surface area contributed by atoms with Crippen molar-refractivity contribution in [2.75, 3.05) is 30.9 Å². The van der Waals surface area contributed by atoms with Crippen LogP contribution in [0.3, 0.4) is 0 Å². The molecule has 0 aromatic heterocycles. The van der Waals surface area contributed by atoms with Gasteiger partial charge in [-0.2, -0.15) is 0 Å². The number of rotatable bonds is 13. The van der Waals surface area contributed by atoms with Crippen molar-refractivity contribution < 1.29 is 19.1 Å². The van der Waals surface area contributed by atoms with Gasteiger partial charge in [-0.15, -0.1) is 0 Å². The molecule has 0 radical (unpaired) electrons. The summed E-state index contributed by atoms with van der Waals surface area (Å²) in [7, 11) is 4.49. The smallest absolute Gasteiger partial charge is 0.316 e. The molecule has 1 amide bonds. The maximum Gasteiger partial charge on any atom is 0.316 e. The Kier molecular flexibility index (Phi) is 15.3. The van der Waals surface area contributed by atoms with Crippen LogP contribution in [-0.2, 0) is 19.1 Å². The van der Waals surface area contributed by atoms with Crippen LogP contribution in [0.25, 0.3) is 0 Å². The summed E-state index contributed by atoms with van der Waals surface area (Å²) in [6.07, 6.45) is 4.26. The van der Waals surface area contributed by atoms with Crippen molar-refractivity contribution in [1.82, 2.24) is 5.32 Å². The quantitative estimate of drug-likeness (QED) is 0.305. The molecule has 1 N–H and O–H groups in total. The average Bonchev–Trinajstić information content (AvgIpc) is 2.52. The van der Waals surface area contributed by atoms with Gasteiger partial charge < -0.3 is 10.1 Å². The lowest BCUT2D eigenvalue weighted by Gasteiger charge is -2.04. The summed E-state index contributed by atoms with van der Waals surface area (Å²) in [6.45, 7) is 2.89. The number of hydrogen-bond acceptors (Lipinski definition) is 7. The third kappa shape index (κ3) is 14.6. The summed E-state index contributed by atoms with van der Waals surface area (Å²) in [5.41, 5.74) is 0. The fraction of sp³-hybridized carbons (Fsp3) is 0.786. The maximum absolute atomic E-state index is 11.5. The van der Waals surface area contributed by atoms with E-state index in [2.05, 4.69) is 17.0 Å². The van der Waals surface area contributed by atoms with Crippen LogP contribution in [0.2, 0.25) is 0 Å². The van der Waals surface area contributed by atoms with Gasteiger partial charge in [-0.3, -0.25) is 14.4 Å². The molecule has 5 nitrogen and oxygen atoms in total. The number of esters is 1. The van der Waals surface area contributed by atoms with E-state index in [1.165, 1.54) is 7.11 Å². The minimum absolute atomic E-state index is 0.00725. The third-order valence-electron chi connectivity index (χ3n) is 2.57. The Morgan fingerprint density at radius 1 is 1.05 bits per heavy atom. The van der Waals surface area contributed by atoms with E-state index in [-0.39, 0.29) is 22.7 Å². The molecular weight excluding hydrogens is 342 g/mol. The molecule has 0 saturated heterocycles. The van der Waals surface area contributed by atoms with Crippen molar-refractivity contribution in [2.45, 2.75) is 39.0 Å². The van der Waals surface area contributed by atoms with Crippen molar-refractivity contribution in [3.8, 4) is 0 Å². The van der Waals surface area contributed by atoms with E-state index in [4.69, 9.17) is 0 Å². The summed E-state index contributed by atoms with van der Waals surface area (Å²) >= 11 is 0.991. The van der Waals surface area contributed by atoms with Crippen LogP contribution in [-0.4, -0.2) is 47.9 Å². The molecule has 0 heterocycles. The second kappa shape index (κ2) is 15.6. The Balaban J connectivity index is 3.36. The SMILES string of the molecule is CCCCCNC(=O)CCSSCCC(=O)SCC(=O)OC. The third-order valence-corrected chi connectivity index (χ3v) is 5.88. The first-order chi connectivity index (χ1) is 10.6. The molecule has 22 heavy (non-hydrogen) atoms. The fourth-order valence-electron chi connectivity index (χ4n) is 1.34. The van der Waals surface area contributed by atoms with E-state index in [0.29, 0.717) is 18.6 Å². The van der Waals surface area contributed by atoms with Gasteiger partial charge in [0.1, 0.15) is 0 Å². The largest absolute Gasteiger partial charge is 0.468 e. The van der Waals surface area contributed by atoms with Crippen LogP contribution in [0.4, 0.5) is 0 Å². The van der Waals surface area contributed by atoms with Crippen LogP contribution in [0.1, 0.15) is 39.0 Å². The molecule has 0 aromatic carbocycles. The van der Waals surface area contributed by atoms with Crippen LogP contribution < -0.4 is 5.32 Å². The number of nitrogens with one attached hydrogen (secondary N) is 1. The highest BCUT2D eigenvalue weighted by Crippen LogP contribution is 2.23. The molecule has 0 unspecified atom stereocenters. The summed E-state index contributed by atoms with van der Waals surface area (Å²) in [4.78, 5) is 33.8. The number of hydrogen-bond donors (Lipinski definition) is 1. The Labute approximate surface area is 144 Å². The van der Waals surface area contributed by atoms with Crippen LogP contribution in [0.5, 0.6) is 0 Å². The van der Waals surface area contributed by atoms with Crippen molar-refractivity contribution >= 4 is 50.3 Å². The normalized spacial score (nSPS) is 10.3. The van der Waals surface area contributed by atoms with E-state index in [9.17, 15) is 14.4 Å². The number of thioether (sulfide) groups is 1. The van der Waals surface area contributed by atoms with Crippen molar-refractivity contribution in [3.05, 3.63) is 0 Å². The summed E-state index contributed by atoms with van der Waals surface area (Å²) in [5.74, 6) is 1.22. The highest BCUT2D eigenvalue weighted by Gasteiger charge is 2.07. The fourth-order valence-corrected chi connectivity index (χ4v) is 4.09. The standard InChI is InChI=1S/C14H25NO4S3/c1-3-4-5-8-15-12(16)6-9-21-22-10-7-14(18)20-11-13(17)19-2/h3-11H2,1-2H3,(H,15,16). The lowest BCUT2D eigenvalue weighted by molar-refractivity contribution is -0.137. The van der Waals surface area contributed by atoms with Crippen LogP contribution in [0, 0.1) is 0 Å². The topological polar surface area (TPSA) is 72.5 Å². The number of carbonyl (C=O) groups is 3. The van der Waals surface area contributed by atoms with Gasteiger partial charge in [0.25, 0.3) is 0 Å². The van der Waals surface area contributed by atoms with Gasteiger partial charge >= 0.3 is 5.97 Å². The van der Waals surface area contributed by atoms with Crippen LogP contribution in [0.15, 0.2) is 0 Å². The van der Waals surface area contributed by atoms with Crippen molar-refractivity contribution in [1.29, 1.82) is 0 Å². The van der Waals surface area contributed by atoms with Gasteiger partial charge in [-0.05, 0) is 6.42 Å². The van der Waals surface area contributed by atoms with Gasteiger partial charge in [-0.25, -0.2) is 0 Å². The van der Waals surface area contributed by atoms with E-state index in [1.54, 1.807) is 21.6 Å². The Hall–Kier alpha value is -0.340. The first-order valence-corrected chi connectivity index (χ1v) is 10.8. The predicted octanol–water partition coefficient (Wildman–Crippen LogP) is 2.89.